The maximum atomic E-state index is 12.3. The van der Waals surface area contributed by atoms with Crippen LogP contribution in [-0.2, 0) is 25.7 Å². The molecule has 0 saturated carbocycles. The van der Waals surface area contributed by atoms with Gasteiger partial charge in [0.25, 0.3) is 5.91 Å². The number of hydrogen-bond donors (Lipinski definition) is 2. The largest absolute Gasteiger partial charge is 0.480 e. The van der Waals surface area contributed by atoms with E-state index in [4.69, 9.17) is 14.8 Å². The lowest BCUT2D eigenvalue weighted by molar-refractivity contribution is -0.208. The van der Waals surface area contributed by atoms with Gasteiger partial charge in [0.15, 0.2) is 6.04 Å². The molecule has 1 heterocycles. The fourth-order valence-electron chi connectivity index (χ4n) is 1.72. The molecule has 0 aromatic carbocycles. The molecule has 0 aliphatic rings. The molecular formula is C15H23N3O5. The molecule has 0 fully saturated rings. The molecule has 1 aromatic heterocycles. The van der Waals surface area contributed by atoms with E-state index >= 15 is 0 Å². The van der Waals surface area contributed by atoms with Crippen LogP contribution in [0.3, 0.4) is 0 Å². The van der Waals surface area contributed by atoms with E-state index in [-0.39, 0.29) is 6.61 Å². The highest BCUT2D eigenvalue weighted by atomic mass is 16.7. The molecule has 1 rings (SSSR count). The predicted molar refractivity (Wildman–Crippen MR) is 82.1 cm³/mol. The van der Waals surface area contributed by atoms with Crippen molar-refractivity contribution in [2.75, 3.05) is 13.2 Å². The summed E-state index contributed by atoms with van der Waals surface area (Å²) in [4.78, 5) is 37.9. The molecular weight excluding hydrogens is 302 g/mol. The second kappa shape index (κ2) is 9.88. The van der Waals surface area contributed by atoms with Gasteiger partial charge in [0.05, 0.1) is 13.2 Å². The van der Waals surface area contributed by atoms with E-state index in [9.17, 15) is 9.59 Å². The van der Waals surface area contributed by atoms with Crippen LogP contribution < -0.4 is 5.48 Å². The van der Waals surface area contributed by atoms with E-state index in [0.717, 1.165) is 10.6 Å². The second-order valence-electron chi connectivity index (χ2n) is 4.90. The molecule has 0 radical (unpaired) electrons. The van der Waals surface area contributed by atoms with Crippen molar-refractivity contribution >= 4 is 11.9 Å². The zero-order valence-electron chi connectivity index (χ0n) is 13.6. The van der Waals surface area contributed by atoms with Crippen molar-refractivity contribution in [2.24, 2.45) is 0 Å². The van der Waals surface area contributed by atoms with Gasteiger partial charge in [-0.25, -0.2) is 9.86 Å². The van der Waals surface area contributed by atoms with Crippen LogP contribution in [0.4, 0.5) is 0 Å². The Morgan fingerprint density at radius 3 is 2.74 bits per heavy atom. The van der Waals surface area contributed by atoms with Gasteiger partial charge in [0.1, 0.15) is 6.04 Å². The molecule has 0 aliphatic heterocycles. The standard InChI is InChI=1S/C15H23N3O5/c1-4-22-17-11(2)14(19)18(12(3)15(20)21)23-9-7-13-6-5-8-16-10-13/h5-6,8,10-12,17H,4,7,9H2,1-3H3,(H,20,21)/t11-,12-/m0/s1. The third kappa shape index (κ3) is 6.31. The number of aliphatic carboxylic acids is 1. The van der Waals surface area contributed by atoms with Crippen molar-refractivity contribution in [1.29, 1.82) is 0 Å². The van der Waals surface area contributed by atoms with Gasteiger partial charge in [-0.15, -0.1) is 0 Å². The van der Waals surface area contributed by atoms with Gasteiger partial charge < -0.3 is 9.94 Å². The minimum absolute atomic E-state index is 0.163. The van der Waals surface area contributed by atoms with Gasteiger partial charge in [-0.2, -0.15) is 5.48 Å². The summed E-state index contributed by atoms with van der Waals surface area (Å²) in [6.07, 6.45) is 3.86. The van der Waals surface area contributed by atoms with Gasteiger partial charge in [-0.05, 0) is 38.8 Å². The Labute approximate surface area is 135 Å². The van der Waals surface area contributed by atoms with Crippen LogP contribution >= 0.6 is 0 Å². The fourth-order valence-corrected chi connectivity index (χ4v) is 1.72. The number of rotatable bonds is 10. The molecule has 0 unspecified atom stereocenters. The van der Waals surface area contributed by atoms with E-state index in [1.165, 1.54) is 6.92 Å². The number of carboxylic acid groups (broad SMARTS) is 1. The summed E-state index contributed by atoms with van der Waals surface area (Å²) in [5, 5.41) is 10.0. The number of carbonyl (C=O) groups excluding carboxylic acids is 1. The van der Waals surface area contributed by atoms with Crippen molar-refractivity contribution in [3.8, 4) is 0 Å². The fraction of sp³-hybridized carbons (Fsp3) is 0.533. The average molecular weight is 325 g/mol. The van der Waals surface area contributed by atoms with E-state index in [1.807, 2.05) is 6.07 Å². The summed E-state index contributed by atoms with van der Waals surface area (Å²) >= 11 is 0. The van der Waals surface area contributed by atoms with Gasteiger partial charge in [-0.1, -0.05) is 6.07 Å². The van der Waals surface area contributed by atoms with Crippen molar-refractivity contribution in [2.45, 2.75) is 39.3 Å². The SMILES string of the molecule is CCON[C@@H](C)C(=O)N(OCCc1cccnc1)[C@@H](C)C(=O)O. The maximum absolute atomic E-state index is 12.3. The first kappa shape index (κ1) is 19.0. The Hall–Kier alpha value is -2.03. The Balaban J connectivity index is 2.64. The zero-order chi connectivity index (χ0) is 17.2. The lowest BCUT2D eigenvalue weighted by Crippen LogP contribution is -2.51. The lowest BCUT2D eigenvalue weighted by Gasteiger charge is -2.28. The Morgan fingerprint density at radius 1 is 1.43 bits per heavy atom. The number of amides is 1. The Kier molecular flexibility index (Phi) is 8.17. The van der Waals surface area contributed by atoms with Crippen LogP contribution in [0.15, 0.2) is 24.5 Å². The highest BCUT2D eigenvalue weighted by molar-refractivity contribution is 5.85. The minimum atomic E-state index is -1.15. The van der Waals surface area contributed by atoms with Crippen molar-refractivity contribution in [3.63, 3.8) is 0 Å². The smallest absolute Gasteiger partial charge is 0.328 e. The van der Waals surface area contributed by atoms with E-state index in [0.29, 0.717) is 13.0 Å². The minimum Gasteiger partial charge on any atom is -0.480 e. The highest BCUT2D eigenvalue weighted by Gasteiger charge is 2.30. The normalized spacial score (nSPS) is 13.3. The number of nitrogens with zero attached hydrogens (tertiary/aromatic N) is 2. The van der Waals surface area contributed by atoms with Crippen LogP contribution in [0.25, 0.3) is 0 Å². The molecule has 128 valence electrons. The topological polar surface area (TPSA) is 101 Å². The van der Waals surface area contributed by atoms with Gasteiger partial charge in [0, 0.05) is 12.4 Å². The summed E-state index contributed by atoms with van der Waals surface area (Å²) in [5.74, 6) is -1.66. The molecule has 2 N–H and O–H groups in total. The van der Waals surface area contributed by atoms with Crippen LogP contribution in [0, 0.1) is 0 Å². The molecule has 8 nitrogen and oxygen atoms in total. The second-order valence-corrected chi connectivity index (χ2v) is 4.90. The number of hydroxylamine groups is 3. The first-order chi connectivity index (χ1) is 11.0. The summed E-state index contributed by atoms with van der Waals surface area (Å²) < 4.78 is 0. The molecule has 0 spiro atoms. The summed E-state index contributed by atoms with van der Waals surface area (Å²) in [7, 11) is 0. The lowest BCUT2D eigenvalue weighted by atomic mass is 10.2. The summed E-state index contributed by atoms with van der Waals surface area (Å²) in [6.45, 7) is 5.28. The number of hydrogen-bond acceptors (Lipinski definition) is 6. The average Bonchev–Trinajstić information content (AvgIpc) is 2.56. The van der Waals surface area contributed by atoms with Crippen LogP contribution in [0.5, 0.6) is 0 Å². The third-order valence-corrected chi connectivity index (χ3v) is 3.05. The van der Waals surface area contributed by atoms with Crippen molar-refractivity contribution in [3.05, 3.63) is 30.1 Å². The highest BCUT2D eigenvalue weighted by Crippen LogP contribution is 2.07. The first-order valence-electron chi connectivity index (χ1n) is 7.42. The molecule has 23 heavy (non-hydrogen) atoms. The first-order valence-corrected chi connectivity index (χ1v) is 7.42. The monoisotopic (exact) mass is 325 g/mol. The quantitative estimate of drug-likeness (QED) is 0.613. The van der Waals surface area contributed by atoms with Crippen LogP contribution in [0.2, 0.25) is 0 Å². The van der Waals surface area contributed by atoms with Gasteiger partial charge >= 0.3 is 5.97 Å². The number of carbonyl (C=O) groups is 2. The summed E-state index contributed by atoms with van der Waals surface area (Å²) in [6, 6.07) is 1.84. The predicted octanol–water partition coefficient (Wildman–Crippen LogP) is 0.787. The van der Waals surface area contributed by atoms with Gasteiger partial charge in [0.2, 0.25) is 0 Å². The van der Waals surface area contributed by atoms with Crippen molar-refractivity contribution in [1.82, 2.24) is 15.5 Å². The van der Waals surface area contributed by atoms with E-state index in [2.05, 4.69) is 10.5 Å². The maximum Gasteiger partial charge on any atom is 0.328 e. The molecule has 1 aromatic rings. The van der Waals surface area contributed by atoms with E-state index < -0.39 is 24.0 Å². The number of pyridine rings is 1. The van der Waals surface area contributed by atoms with E-state index in [1.54, 1.807) is 32.3 Å². The van der Waals surface area contributed by atoms with Crippen LogP contribution in [0.1, 0.15) is 26.3 Å². The zero-order valence-corrected chi connectivity index (χ0v) is 13.6. The summed E-state index contributed by atoms with van der Waals surface area (Å²) in [5.41, 5.74) is 3.47. The molecule has 8 heteroatoms. The molecule has 0 saturated heterocycles. The Morgan fingerprint density at radius 2 is 2.17 bits per heavy atom. The molecule has 0 bridgehead atoms. The molecule has 2 atom stereocenters. The number of nitrogens with one attached hydrogen (secondary N) is 1. The molecule has 1 amide bonds. The van der Waals surface area contributed by atoms with Gasteiger partial charge in [-0.3, -0.25) is 14.6 Å². The third-order valence-electron chi connectivity index (χ3n) is 3.05. The Bertz CT molecular complexity index is 497. The van der Waals surface area contributed by atoms with Crippen LogP contribution in [-0.4, -0.2) is 52.3 Å². The van der Waals surface area contributed by atoms with Crippen molar-refractivity contribution < 1.29 is 24.4 Å². The molecule has 0 aliphatic carbocycles. The number of carboxylic acids is 1. The number of aromatic nitrogens is 1.